The zero-order chi connectivity index (χ0) is 36.3. The number of halogens is 2. The van der Waals surface area contributed by atoms with E-state index in [1.54, 1.807) is 19.3 Å². The Kier molecular flexibility index (Phi) is 14.2. The highest BCUT2D eigenvalue weighted by molar-refractivity contribution is 14.1. The number of hydrogen-bond donors (Lipinski definition) is 6. The maximum atomic E-state index is 15.7. The van der Waals surface area contributed by atoms with E-state index in [2.05, 4.69) is 48.5 Å². The number of fused-ring (bicyclic) bond motifs is 3. The maximum absolute atomic E-state index is 15.7. The van der Waals surface area contributed by atoms with Crippen LogP contribution < -0.4 is 27.4 Å². The van der Waals surface area contributed by atoms with E-state index in [0.717, 1.165) is 27.6 Å². The van der Waals surface area contributed by atoms with Crippen molar-refractivity contribution in [1.82, 2.24) is 30.8 Å². The number of likely N-dealkylation sites (N-methyl/N-ethyl adjacent to an activating group) is 1. The Hall–Kier alpha value is -3.57. The van der Waals surface area contributed by atoms with Gasteiger partial charge in [-0.05, 0) is 80.1 Å². The molecular formula is C37H46FIN8O3S. The number of carbonyl (C=O) groups is 3. The summed E-state index contributed by atoms with van der Waals surface area (Å²) in [5, 5.41) is 11.0. The monoisotopic (exact) mass is 828 g/mol. The molecule has 51 heavy (non-hydrogen) atoms. The van der Waals surface area contributed by atoms with Crippen molar-refractivity contribution >= 4 is 63.0 Å². The van der Waals surface area contributed by atoms with E-state index in [-0.39, 0.29) is 18.9 Å². The predicted octanol–water partition coefficient (Wildman–Crippen LogP) is 4.30. The first kappa shape index (κ1) is 38.7. The van der Waals surface area contributed by atoms with E-state index in [4.69, 9.17) is 11.5 Å². The summed E-state index contributed by atoms with van der Waals surface area (Å²) >= 11 is 3.59. The minimum atomic E-state index is -0.971. The number of nitrogens with one attached hydrogen (secondary N) is 4. The van der Waals surface area contributed by atoms with Crippen molar-refractivity contribution in [2.45, 2.75) is 84.1 Å². The van der Waals surface area contributed by atoms with Gasteiger partial charge in [-0.2, -0.15) is 0 Å². The van der Waals surface area contributed by atoms with Crippen molar-refractivity contribution in [3.05, 3.63) is 89.0 Å². The Morgan fingerprint density at radius 2 is 1.73 bits per heavy atom. The van der Waals surface area contributed by atoms with Crippen LogP contribution >= 0.6 is 34.4 Å². The minimum absolute atomic E-state index is 0.0951. The van der Waals surface area contributed by atoms with E-state index < -0.39 is 35.8 Å². The number of H-pyrrole nitrogens is 1. The van der Waals surface area contributed by atoms with Gasteiger partial charge in [0.15, 0.2) is 0 Å². The fraction of sp³-hybridized carbons (Fsp3) is 0.405. The van der Waals surface area contributed by atoms with Crippen LogP contribution in [0.1, 0.15) is 54.4 Å². The minimum Gasteiger partial charge on any atom is -0.361 e. The van der Waals surface area contributed by atoms with Crippen molar-refractivity contribution in [3.63, 3.8) is 0 Å². The van der Waals surface area contributed by atoms with Gasteiger partial charge in [0, 0.05) is 64.7 Å². The highest BCUT2D eigenvalue weighted by Crippen LogP contribution is 2.37. The van der Waals surface area contributed by atoms with Gasteiger partial charge in [-0.25, -0.2) is 9.37 Å². The molecule has 11 nitrogen and oxygen atoms in total. The Morgan fingerprint density at radius 1 is 0.941 bits per heavy atom. The van der Waals surface area contributed by atoms with Gasteiger partial charge in [-0.3, -0.25) is 14.4 Å². The predicted molar refractivity (Wildman–Crippen MR) is 207 cm³/mol. The number of benzene rings is 2. The lowest BCUT2D eigenvalue weighted by atomic mass is 10.0. The SMILES string of the molecule is CN1C(=O)[C@H](CCCCN)NC(=O)[C@H](CCCN)NCc2cccnc2Sc2c(CI)ccc(F)c2CNC(=O)[C@@H]1Cc1c[nH]c2ccccc12. The summed E-state index contributed by atoms with van der Waals surface area (Å²) < 4.78 is 16.3. The van der Waals surface area contributed by atoms with Crippen molar-refractivity contribution < 1.29 is 18.8 Å². The van der Waals surface area contributed by atoms with Gasteiger partial charge in [-0.1, -0.05) is 64.7 Å². The number of para-hydroxylation sites is 1. The third-order valence-electron chi connectivity index (χ3n) is 9.24. The van der Waals surface area contributed by atoms with Crippen LogP contribution in [0, 0.1) is 5.82 Å². The van der Waals surface area contributed by atoms with Crippen LogP contribution in [0.2, 0.25) is 0 Å². The van der Waals surface area contributed by atoms with Crippen molar-refractivity contribution in [1.29, 1.82) is 0 Å². The van der Waals surface area contributed by atoms with Crippen LogP contribution in [0.5, 0.6) is 0 Å². The Morgan fingerprint density at radius 3 is 2.51 bits per heavy atom. The van der Waals surface area contributed by atoms with E-state index >= 15 is 4.39 Å². The van der Waals surface area contributed by atoms with Crippen molar-refractivity contribution in [2.24, 2.45) is 11.5 Å². The van der Waals surface area contributed by atoms with Crippen LogP contribution in [-0.2, 0) is 38.3 Å². The summed E-state index contributed by atoms with van der Waals surface area (Å²) in [5.74, 6) is -1.62. The molecule has 3 amide bonds. The number of nitrogens with zero attached hydrogens (tertiary/aromatic N) is 2. The van der Waals surface area contributed by atoms with Gasteiger partial charge in [0.2, 0.25) is 17.7 Å². The first-order valence-electron chi connectivity index (χ1n) is 17.3. The van der Waals surface area contributed by atoms with Gasteiger partial charge in [-0.15, -0.1) is 0 Å². The van der Waals surface area contributed by atoms with Gasteiger partial charge in [0.05, 0.1) is 6.04 Å². The Bertz CT molecular complexity index is 1820. The maximum Gasteiger partial charge on any atom is 0.245 e. The van der Waals surface area contributed by atoms with Crippen LogP contribution in [-0.4, -0.2) is 70.9 Å². The lowest BCUT2D eigenvalue weighted by molar-refractivity contribution is -0.142. The third-order valence-corrected chi connectivity index (χ3v) is 11.3. The van der Waals surface area contributed by atoms with Crippen LogP contribution in [0.15, 0.2) is 70.8 Å². The second-order valence-electron chi connectivity index (χ2n) is 12.7. The normalized spacial score (nSPS) is 19.3. The zero-order valence-corrected chi connectivity index (χ0v) is 31.7. The molecule has 8 N–H and O–H groups in total. The number of unbranched alkanes of at least 4 members (excludes halogenated alkanes) is 1. The van der Waals surface area contributed by atoms with E-state index in [0.29, 0.717) is 71.7 Å². The van der Waals surface area contributed by atoms with Gasteiger partial charge in [0.25, 0.3) is 0 Å². The van der Waals surface area contributed by atoms with E-state index in [1.165, 1.54) is 22.7 Å². The highest BCUT2D eigenvalue weighted by Gasteiger charge is 2.34. The molecule has 0 radical (unpaired) electrons. The molecule has 1 aliphatic rings. The smallest absolute Gasteiger partial charge is 0.245 e. The lowest BCUT2D eigenvalue weighted by Gasteiger charge is -2.32. The summed E-state index contributed by atoms with van der Waals surface area (Å²) in [5.41, 5.74) is 15.5. The number of amides is 3. The topological polar surface area (TPSA) is 171 Å². The first-order chi connectivity index (χ1) is 24.7. The molecule has 0 unspecified atom stereocenters. The molecule has 0 bridgehead atoms. The molecule has 4 aromatic rings. The number of pyridine rings is 1. The number of carbonyl (C=O) groups excluding carboxylic acids is 3. The molecule has 3 heterocycles. The van der Waals surface area contributed by atoms with Gasteiger partial charge in [0.1, 0.15) is 22.9 Å². The second kappa shape index (κ2) is 18.8. The molecule has 272 valence electrons. The molecule has 0 fully saturated rings. The van der Waals surface area contributed by atoms with E-state index in [1.807, 2.05) is 42.6 Å². The average molecular weight is 829 g/mol. The first-order valence-corrected chi connectivity index (χ1v) is 19.6. The molecule has 1 aliphatic heterocycles. The summed E-state index contributed by atoms with van der Waals surface area (Å²) in [6.07, 6.45) is 6.37. The number of aromatic amines is 1. The third kappa shape index (κ3) is 9.66. The molecule has 3 atom stereocenters. The van der Waals surface area contributed by atoms with Crippen molar-refractivity contribution in [3.8, 4) is 0 Å². The average Bonchev–Trinajstić information content (AvgIpc) is 3.55. The second-order valence-corrected chi connectivity index (χ2v) is 14.4. The zero-order valence-electron chi connectivity index (χ0n) is 28.7. The Labute approximate surface area is 315 Å². The fourth-order valence-electron chi connectivity index (χ4n) is 6.31. The van der Waals surface area contributed by atoms with Crippen LogP contribution in [0.3, 0.4) is 0 Å². The fourth-order valence-corrected chi connectivity index (χ4v) is 8.34. The molecule has 0 aliphatic carbocycles. The number of hydrogen-bond acceptors (Lipinski definition) is 8. The van der Waals surface area contributed by atoms with Crippen molar-refractivity contribution in [2.75, 3.05) is 20.1 Å². The molecule has 14 heteroatoms. The molecular weight excluding hydrogens is 782 g/mol. The Balaban J connectivity index is 1.59. The van der Waals surface area contributed by atoms with Crippen LogP contribution in [0.25, 0.3) is 10.9 Å². The molecule has 0 spiro atoms. The molecule has 2 aromatic carbocycles. The summed E-state index contributed by atoms with van der Waals surface area (Å²) in [7, 11) is 1.59. The summed E-state index contributed by atoms with van der Waals surface area (Å²) in [6.45, 7) is 1.05. The quantitative estimate of drug-likeness (QED) is 0.0782. The summed E-state index contributed by atoms with van der Waals surface area (Å²) in [4.78, 5) is 52.6. The van der Waals surface area contributed by atoms with E-state index in [9.17, 15) is 14.4 Å². The molecule has 2 aromatic heterocycles. The molecule has 5 rings (SSSR count). The summed E-state index contributed by atoms with van der Waals surface area (Å²) in [6, 6.07) is 12.1. The number of rotatable bonds is 10. The highest BCUT2D eigenvalue weighted by atomic mass is 127. The molecule has 0 saturated carbocycles. The standard InChI is InChI=1S/C37H46FIN8O3S/c1-47-32(18-25-21-43-29-10-3-2-9-26(25)29)35(49)45-22-27-28(38)14-13-23(19-39)33(27)51-36-24(8-7-17-42-36)20-44-30(12-6-16-41)34(48)46-31(37(47)50)11-4-5-15-40/h2-3,7-10,13-14,17,21,30-32,43-44H,4-6,11-12,15-16,18-20,22,40-41H2,1H3,(H,45,49)(H,46,48)/t30-,31-,32-/m0/s1. The van der Waals surface area contributed by atoms with Gasteiger partial charge >= 0.3 is 0 Å². The number of nitrogens with two attached hydrogens (primary N) is 2. The van der Waals surface area contributed by atoms with Gasteiger partial charge < -0.3 is 37.3 Å². The number of aromatic nitrogens is 2. The number of alkyl halides is 1. The molecule has 0 saturated heterocycles. The van der Waals surface area contributed by atoms with Crippen LogP contribution in [0.4, 0.5) is 4.39 Å². The largest absolute Gasteiger partial charge is 0.361 e. The lowest BCUT2D eigenvalue weighted by Crippen LogP contribution is -2.57.